The van der Waals surface area contributed by atoms with Gasteiger partial charge in [0.15, 0.2) is 5.16 Å². The van der Waals surface area contributed by atoms with Crippen LogP contribution in [0, 0.1) is 0 Å². The summed E-state index contributed by atoms with van der Waals surface area (Å²) in [6, 6.07) is 6.10. The molecule has 0 spiro atoms. The Labute approximate surface area is 136 Å². The number of hydrogen-bond acceptors (Lipinski definition) is 3. The minimum Gasteiger partial charge on any atom is -0.481 e. The van der Waals surface area contributed by atoms with E-state index in [1.165, 1.54) is 18.2 Å². The molecule has 1 heterocycles. The van der Waals surface area contributed by atoms with Gasteiger partial charge in [0.05, 0.1) is 16.8 Å². The predicted octanol–water partition coefficient (Wildman–Crippen LogP) is 4.26. The largest absolute Gasteiger partial charge is 0.481 e. The minimum atomic E-state index is -0.807. The van der Waals surface area contributed by atoms with Gasteiger partial charge in [-0.15, -0.1) is 0 Å². The van der Waals surface area contributed by atoms with E-state index in [-0.39, 0.29) is 11.3 Å². The van der Waals surface area contributed by atoms with Crippen LogP contribution in [0.5, 0.6) is 0 Å². The van der Waals surface area contributed by atoms with E-state index in [2.05, 4.69) is 38.5 Å². The highest BCUT2D eigenvalue weighted by Crippen LogP contribution is 2.46. The van der Waals surface area contributed by atoms with Crippen molar-refractivity contribution in [1.82, 2.24) is 9.55 Å². The van der Waals surface area contributed by atoms with Gasteiger partial charge in [-0.2, -0.15) is 0 Å². The van der Waals surface area contributed by atoms with Crippen LogP contribution in [0.4, 0.5) is 0 Å². The maximum Gasteiger partial charge on any atom is 0.313 e. The number of fused-ring (bicyclic) bond motifs is 1. The smallest absolute Gasteiger partial charge is 0.313 e. The first-order valence-corrected chi connectivity index (χ1v) is 8.87. The second-order valence-corrected chi connectivity index (χ2v) is 7.33. The van der Waals surface area contributed by atoms with E-state index in [1.807, 2.05) is 12.1 Å². The second kappa shape index (κ2) is 5.65. The van der Waals surface area contributed by atoms with Crippen LogP contribution in [0.3, 0.4) is 0 Å². The van der Waals surface area contributed by atoms with Gasteiger partial charge in [-0.25, -0.2) is 4.98 Å². The van der Waals surface area contributed by atoms with Gasteiger partial charge in [0.1, 0.15) is 0 Å². The molecule has 0 unspecified atom stereocenters. The number of aromatic nitrogens is 2. The first-order valence-electron chi connectivity index (χ1n) is 7.09. The number of carboxylic acids is 1. The Hall–Kier alpha value is -1.01. The normalized spacial score (nSPS) is 16.9. The van der Waals surface area contributed by atoms with Crippen LogP contribution in [0.25, 0.3) is 11.0 Å². The van der Waals surface area contributed by atoms with Crippen LogP contribution in [0.2, 0.25) is 0 Å². The molecular formula is C15H17BrN2O2S. The third-order valence-electron chi connectivity index (χ3n) is 4.33. The number of halogens is 1. The van der Waals surface area contributed by atoms with Crippen molar-refractivity contribution in [3.05, 3.63) is 22.7 Å². The minimum absolute atomic E-state index is 0.0459. The van der Waals surface area contributed by atoms with E-state index in [1.54, 1.807) is 0 Å². The lowest BCUT2D eigenvalue weighted by Gasteiger charge is -2.43. The van der Waals surface area contributed by atoms with Crippen LogP contribution in [-0.4, -0.2) is 26.4 Å². The molecule has 1 N–H and O–H groups in total. The van der Waals surface area contributed by atoms with Crippen LogP contribution in [0.1, 0.15) is 32.6 Å². The number of aliphatic carboxylic acids is 1. The lowest BCUT2D eigenvalue weighted by atomic mass is 9.74. The van der Waals surface area contributed by atoms with Crippen molar-refractivity contribution in [2.45, 2.75) is 43.3 Å². The highest BCUT2D eigenvalue weighted by atomic mass is 79.9. The second-order valence-electron chi connectivity index (χ2n) is 5.48. The Morgan fingerprint density at radius 2 is 2.29 bits per heavy atom. The summed E-state index contributed by atoms with van der Waals surface area (Å²) in [5.41, 5.74) is 2.15. The molecule has 1 aliphatic rings. The Kier molecular flexibility index (Phi) is 4.01. The fraction of sp³-hybridized carbons (Fsp3) is 0.467. The van der Waals surface area contributed by atoms with Crippen molar-refractivity contribution in [2.24, 2.45) is 0 Å². The fourth-order valence-corrected chi connectivity index (χ4v) is 4.22. The van der Waals surface area contributed by atoms with E-state index in [0.29, 0.717) is 0 Å². The molecule has 6 heteroatoms. The number of nitrogens with zero attached hydrogens (tertiary/aromatic N) is 2. The number of benzene rings is 1. The molecule has 0 aliphatic heterocycles. The van der Waals surface area contributed by atoms with Gasteiger partial charge in [-0.3, -0.25) is 4.79 Å². The Balaban J connectivity index is 2.13. The predicted molar refractivity (Wildman–Crippen MR) is 87.9 cm³/mol. The van der Waals surface area contributed by atoms with E-state index >= 15 is 0 Å². The van der Waals surface area contributed by atoms with Gasteiger partial charge >= 0.3 is 5.97 Å². The summed E-state index contributed by atoms with van der Waals surface area (Å²) in [5, 5.41) is 9.78. The first kappa shape index (κ1) is 14.9. The Morgan fingerprint density at radius 3 is 2.86 bits per heavy atom. The van der Waals surface area contributed by atoms with Gasteiger partial charge in [-0.1, -0.05) is 34.6 Å². The average Bonchev–Trinajstić information content (AvgIpc) is 2.74. The van der Waals surface area contributed by atoms with Crippen molar-refractivity contribution in [1.29, 1.82) is 0 Å². The molecule has 0 bridgehead atoms. The molecule has 3 rings (SSSR count). The maximum absolute atomic E-state index is 10.9. The van der Waals surface area contributed by atoms with Gasteiger partial charge < -0.3 is 9.67 Å². The molecule has 1 aromatic heterocycles. The lowest BCUT2D eigenvalue weighted by Crippen LogP contribution is -2.40. The van der Waals surface area contributed by atoms with Gasteiger partial charge in [0, 0.05) is 10.0 Å². The summed E-state index contributed by atoms with van der Waals surface area (Å²) in [5.74, 6) is -0.761. The third kappa shape index (κ3) is 2.59. The fourth-order valence-electron chi connectivity index (χ4n) is 3.03. The number of carboxylic acid groups (broad SMARTS) is 1. The van der Waals surface area contributed by atoms with Crippen molar-refractivity contribution in [3.8, 4) is 0 Å². The molecule has 112 valence electrons. The summed E-state index contributed by atoms with van der Waals surface area (Å²) >= 11 is 4.79. The summed E-state index contributed by atoms with van der Waals surface area (Å²) in [6.45, 7) is 2.20. The molecule has 2 aromatic rings. The molecule has 1 fully saturated rings. The van der Waals surface area contributed by atoms with E-state index in [0.717, 1.165) is 39.9 Å². The summed E-state index contributed by atoms with van der Waals surface area (Å²) in [7, 11) is 0. The summed E-state index contributed by atoms with van der Waals surface area (Å²) in [4.78, 5) is 15.6. The SMILES string of the molecule is CCC1(n2c(SCC(=O)O)nc3cc(Br)ccc32)CCC1. The lowest BCUT2D eigenvalue weighted by molar-refractivity contribution is -0.133. The van der Waals surface area contributed by atoms with Crippen molar-refractivity contribution >= 4 is 44.7 Å². The van der Waals surface area contributed by atoms with E-state index in [9.17, 15) is 4.79 Å². The molecule has 0 atom stereocenters. The topological polar surface area (TPSA) is 55.1 Å². The zero-order valence-corrected chi connectivity index (χ0v) is 14.2. The third-order valence-corrected chi connectivity index (χ3v) is 5.74. The van der Waals surface area contributed by atoms with E-state index < -0.39 is 5.97 Å². The van der Waals surface area contributed by atoms with Crippen LogP contribution >= 0.6 is 27.7 Å². The Bertz CT molecular complexity index is 689. The van der Waals surface area contributed by atoms with Crippen LogP contribution in [-0.2, 0) is 10.3 Å². The van der Waals surface area contributed by atoms with Crippen molar-refractivity contribution in [2.75, 3.05) is 5.75 Å². The molecule has 1 saturated carbocycles. The highest BCUT2D eigenvalue weighted by Gasteiger charge is 2.39. The molecular weight excluding hydrogens is 352 g/mol. The average molecular weight is 369 g/mol. The monoisotopic (exact) mass is 368 g/mol. The zero-order chi connectivity index (χ0) is 15.0. The summed E-state index contributed by atoms with van der Waals surface area (Å²) < 4.78 is 3.28. The first-order chi connectivity index (χ1) is 10.1. The molecule has 4 nitrogen and oxygen atoms in total. The maximum atomic E-state index is 10.9. The van der Waals surface area contributed by atoms with Crippen molar-refractivity contribution in [3.63, 3.8) is 0 Å². The number of thioether (sulfide) groups is 1. The summed E-state index contributed by atoms with van der Waals surface area (Å²) in [6.07, 6.45) is 4.57. The van der Waals surface area contributed by atoms with Crippen LogP contribution in [0.15, 0.2) is 27.8 Å². The molecule has 1 aromatic carbocycles. The zero-order valence-electron chi connectivity index (χ0n) is 11.8. The molecule has 0 saturated heterocycles. The Morgan fingerprint density at radius 1 is 1.52 bits per heavy atom. The quantitative estimate of drug-likeness (QED) is 0.800. The number of rotatable bonds is 5. The molecule has 1 aliphatic carbocycles. The molecule has 21 heavy (non-hydrogen) atoms. The van der Waals surface area contributed by atoms with E-state index in [4.69, 9.17) is 5.11 Å². The highest BCUT2D eigenvalue weighted by molar-refractivity contribution is 9.10. The van der Waals surface area contributed by atoms with Crippen LogP contribution < -0.4 is 0 Å². The van der Waals surface area contributed by atoms with Gasteiger partial charge in [-0.05, 0) is 43.9 Å². The molecule has 0 amide bonds. The number of imidazole rings is 1. The van der Waals surface area contributed by atoms with Gasteiger partial charge in [0.25, 0.3) is 0 Å². The standard InChI is InChI=1S/C15H17BrN2O2S/c1-2-15(6-3-7-15)18-12-5-4-10(16)8-11(12)17-14(18)21-9-13(19)20/h4-5,8H,2-3,6-7,9H2,1H3,(H,19,20). The molecule has 0 radical (unpaired) electrons. The number of carbonyl (C=O) groups is 1. The van der Waals surface area contributed by atoms with Crippen molar-refractivity contribution < 1.29 is 9.90 Å². The number of hydrogen-bond donors (Lipinski definition) is 1. The van der Waals surface area contributed by atoms with Gasteiger partial charge in [0.2, 0.25) is 0 Å².